The standard InChI is InChI=1S/C11H19N3O3S/c1-8(12-2)11-13-10(17-14-11)6-9-4-3-5-18(15,16)7-9/h8-9,12H,3-7H2,1-2H3. The molecule has 1 aliphatic rings. The van der Waals surface area contributed by atoms with Gasteiger partial charge in [0.05, 0.1) is 17.5 Å². The van der Waals surface area contributed by atoms with E-state index in [-0.39, 0.29) is 17.7 Å². The number of rotatable bonds is 4. The van der Waals surface area contributed by atoms with Crippen molar-refractivity contribution in [1.82, 2.24) is 15.5 Å². The lowest BCUT2D eigenvalue weighted by Crippen LogP contribution is -2.26. The molecular weight excluding hydrogens is 254 g/mol. The average Bonchev–Trinajstić information content (AvgIpc) is 2.75. The van der Waals surface area contributed by atoms with Gasteiger partial charge in [-0.2, -0.15) is 4.98 Å². The number of nitrogens with one attached hydrogen (secondary N) is 1. The largest absolute Gasteiger partial charge is 0.339 e. The second kappa shape index (κ2) is 5.36. The molecule has 18 heavy (non-hydrogen) atoms. The van der Waals surface area contributed by atoms with E-state index < -0.39 is 9.84 Å². The summed E-state index contributed by atoms with van der Waals surface area (Å²) in [6, 6.07) is 0.0394. The topological polar surface area (TPSA) is 85.1 Å². The third kappa shape index (κ3) is 3.29. The van der Waals surface area contributed by atoms with Gasteiger partial charge in [0, 0.05) is 6.42 Å². The van der Waals surface area contributed by atoms with Crippen LogP contribution in [0.4, 0.5) is 0 Å². The predicted octanol–water partition coefficient (Wildman–Crippen LogP) is 0.717. The Kier molecular flexibility index (Phi) is 4.01. The summed E-state index contributed by atoms with van der Waals surface area (Å²) in [6.45, 7) is 1.94. The van der Waals surface area contributed by atoms with Crippen molar-refractivity contribution in [3.05, 3.63) is 11.7 Å². The lowest BCUT2D eigenvalue weighted by Gasteiger charge is -2.19. The van der Waals surface area contributed by atoms with Crippen LogP contribution in [0.3, 0.4) is 0 Å². The Morgan fingerprint density at radius 3 is 3.00 bits per heavy atom. The molecule has 1 aliphatic heterocycles. The molecule has 2 unspecified atom stereocenters. The maximum Gasteiger partial charge on any atom is 0.227 e. The molecule has 0 bridgehead atoms. The fourth-order valence-electron chi connectivity index (χ4n) is 2.18. The van der Waals surface area contributed by atoms with Gasteiger partial charge in [-0.3, -0.25) is 0 Å². The van der Waals surface area contributed by atoms with E-state index in [1.807, 2.05) is 14.0 Å². The molecule has 2 heterocycles. The van der Waals surface area contributed by atoms with Crippen molar-refractivity contribution in [3.8, 4) is 0 Å². The van der Waals surface area contributed by atoms with Crippen LogP contribution in [0, 0.1) is 5.92 Å². The summed E-state index contributed by atoms with van der Waals surface area (Å²) < 4.78 is 28.2. The minimum Gasteiger partial charge on any atom is -0.339 e. The molecule has 0 saturated carbocycles. The Bertz CT molecular complexity index is 497. The summed E-state index contributed by atoms with van der Waals surface area (Å²) in [5.74, 6) is 1.82. The van der Waals surface area contributed by atoms with Gasteiger partial charge in [0.15, 0.2) is 15.7 Å². The first-order valence-corrected chi connectivity index (χ1v) is 8.02. The number of sulfone groups is 1. The van der Waals surface area contributed by atoms with Crippen LogP contribution in [0.1, 0.15) is 37.5 Å². The molecule has 0 spiro atoms. The zero-order valence-electron chi connectivity index (χ0n) is 10.7. The molecule has 1 saturated heterocycles. The maximum absolute atomic E-state index is 11.5. The molecule has 6 nitrogen and oxygen atoms in total. The van der Waals surface area contributed by atoms with Crippen molar-refractivity contribution >= 4 is 9.84 Å². The van der Waals surface area contributed by atoms with Crippen LogP contribution in [0.5, 0.6) is 0 Å². The molecule has 2 atom stereocenters. The van der Waals surface area contributed by atoms with Gasteiger partial charge in [0.1, 0.15) is 0 Å². The van der Waals surface area contributed by atoms with Crippen molar-refractivity contribution in [2.45, 2.75) is 32.2 Å². The van der Waals surface area contributed by atoms with E-state index in [1.54, 1.807) is 0 Å². The summed E-state index contributed by atoms with van der Waals surface area (Å²) in [7, 11) is -1.04. The highest BCUT2D eigenvalue weighted by atomic mass is 32.2. The Morgan fingerprint density at radius 2 is 2.33 bits per heavy atom. The monoisotopic (exact) mass is 273 g/mol. The molecule has 0 amide bonds. The molecule has 0 aromatic carbocycles. The van der Waals surface area contributed by atoms with Gasteiger partial charge in [-0.25, -0.2) is 8.42 Å². The molecule has 1 fully saturated rings. The minimum atomic E-state index is -2.87. The van der Waals surface area contributed by atoms with Crippen LogP contribution in [0.25, 0.3) is 0 Å². The van der Waals surface area contributed by atoms with Gasteiger partial charge in [0.2, 0.25) is 5.89 Å². The Labute approximate surface area is 107 Å². The maximum atomic E-state index is 11.5. The molecule has 2 rings (SSSR count). The molecule has 1 aromatic heterocycles. The lowest BCUT2D eigenvalue weighted by molar-refractivity contribution is 0.343. The molecular formula is C11H19N3O3S. The van der Waals surface area contributed by atoms with Gasteiger partial charge < -0.3 is 9.84 Å². The number of aromatic nitrogens is 2. The first-order chi connectivity index (χ1) is 8.50. The zero-order valence-corrected chi connectivity index (χ0v) is 11.5. The predicted molar refractivity (Wildman–Crippen MR) is 66.9 cm³/mol. The summed E-state index contributed by atoms with van der Waals surface area (Å²) in [5.41, 5.74) is 0. The third-order valence-corrected chi connectivity index (χ3v) is 5.21. The van der Waals surface area contributed by atoms with Crippen LogP contribution < -0.4 is 5.32 Å². The fraction of sp³-hybridized carbons (Fsp3) is 0.818. The van der Waals surface area contributed by atoms with Crippen LogP contribution >= 0.6 is 0 Å². The zero-order chi connectivity index (χ0) is 13.2. The molecule has 1 aromatic rings. The smallest absolute Gasteiger partial charge is 0.227 e. The van der Waals surface area contributed by atoms with E-state index in [4.69, 9.17) is 4.52 Å². The third-order valence-electron chi connectivity index (χ3n) is 3.32. The van der Waals surface area contributed by atoms with Crippen molar-refractivity contribution in [3.63, 3.8) is 0 Å². The first kappa shape index (κ1) is 13.5. The summed E-state index contributed by atoms with van der Waals surface area (Å²) in [5, 5.41) is 6.92. The number of hydrogen-bond acceptors (Lipinski definition) is 6. The minimum absolute atomic E-state index is 0.0394. The first-order valence-electron chi connectivity index (χ1n) is 6.20. The van der Waals surface area contributed by atoms with Gasteiger partial charge in [0.25, 0.3) is 0 Å². The fourth-order valence-corrected chi connectivity index (χ4v) is 3.96. The van der Waals surface area contributed by atoms with E-state index in [1.165, 1.54) is 0 Å². The summed E-state index contributed by atoms with van der Waals surface area (Å²) >= 11 is 0. The van der Waals surface area contributed by atoms with E-state index >= 15 is 0 Å². The highest BCUT2D eigenvalue weighted by molar-refractivity contribution is 7.91. The quantitative estimate of drug-likeness (QED) is 0.870. The van der Waals surface area contributed by atoms with E-state index in [9.17, 15) is 8.42 Å². The average molecular weight is 273 g/mol. The van der Waals surface area contributed by atoms with Gasteiger partial charge in [-0.05, 0) is 32.7 Å². The Hall–Kier alpha value is -0.950. The second-order valence-corrected chi connectivity index (χ2v) is 7.11. The second-order valence-electron chi connectivity index (χ2n) is 4.88. The van der Waals surface area contributed by atoms with E-state index in [2.05, 4.69) is 15.5 Å². The van der Waals surface area contributed by atoms with Crippen molar-refractivity contribution in [1.29, 1.82) is 0 Å². The molecule has 7 heteroatoms. The van der Waals surface area contributed by atoms with E-state index in [0.717, 1.165) is 12.8 Å². The highest BCUT2D eigenvalue weighted by Gasteiger charge is 2.26. The van der Waals surface area contributed by atoms with Crippen molar-refractivity contribution in [2.75, 3.05) is 18.6 Å². The Balaban J connectivity index is 1.99. The van der Waals surface area contributed by atoms with Crippen LogP contribution in [0.2, 0.25) is 0 Å². The Morgan fingerprint density at radius 1 is 1.56 bits per heavy atom. The summed E-state index contributed by atoms with van der Waals surface area (Å²) in [6.07, 6.45) is 2.21. The molecule has 1 N–H and O–H groups in total. The molecule has 102 valence electrons. The van der Waals surface area contributed by atoms with Crippen LogP contribution in [-0.4, -0.2) is 37.1 Å². The molecule has 0 radical (unpaired) electrons. The number of hydrogen-bond donors (Lipinski definition) is 1. The highest BCUT2D eigenvalue weighted by Crippen LogP contribution is 2.22. The van der Waals surface area contributed by atoms with Gasteiger partial charge in [-0.15, -0.1) is 0 Å². The summed E-state index contributed by atoms with van der Waals surface area (Å²) in [4.78, 5) is 4.29. The van der Waals surface area contributed by atoms with Crippen LogP contribution in [-0.2, 0) is 16.3 Å². The van der Waals surface area contributed by atoms with E-state index in [0.29, 0.717) is 23.9 Å². The van der Waals surface area contributed by atoms with Crippen molar-refractivity contribution in [2.24, 2.45) is 5.92 Å². The SMILES string of the molecule is CNC(C)c1noc(CC2CCCS(=O)(=O)C2)n1. The number of nitrogens with zero attached hydrogens (tertiary/aromatic N) is 2. The lowest BCUT2D eigenvalue weighted by atomic mass is 10.0. The van der Waals surface area contributed by atoms with Crippen LogP contribution in [0.15, 0.2) is 4.52 Å². The van der Waals surface area contributed by atoms with Gasteiger partial charge in [-0.1, -0.05) is 5.16 Å². The normalized spacial score (nSPS) is 24.9. The van der Waals surface area contributed by atoms with Crippen molar-refractivity contribution < 1.29 is 12.9 Å². The van der Waals surface area contributed by atoms with Gasteiger partial charge >= 0.3 is 0 Å². The molecule has 0 aliphatic carbocycles.